The third kappa shape index (κ3) is 1.13. The van der Waals surface area contributed by atoms with Crippen LogP contribution < -0.4 is 5.73 Å². The van der Waals surface area contributed by atoms with Gasteiger partial charge in [0.2, 0.25) is 0 Å². The summed E-state index contributed by atoms with van der Waals surface area (Å²) in [5.74, 6) is 0. The highest BCUT2D eigenvalue weighted by Crippen LogP contribution is 2.63. The van der Waals surface area contributed by atoms with Gasteiger partial charge in [-0.1, -0.05) is 12.1 Å². The summed E-state index contributed by atoms with van der Waals surface area (Å²) in [5.41, 5.74) is 8.61. The normalized spacial score (nSPS) is 24.3. The fourth-order valence-electron chi connectivity index (χ4n) is 2.70. The first-order valence-corrected chi connectivity index (χ1v) is 5.50. The van der Waals surface area contributed by atoms with E-state index < -0.39 is 0 Å². The first-order valence-electron chi connectivity index (χ1n) is 5.50. The molecular weight excluding hydrogens is 184 g/mol. The largest absolute Gasteiger partial charge is 0.324 e. The molecule has 0 bridgehead atoms. The molecule has 0 aromatic heterocycles. The number of nitrogens with zero attached hydrogens (tertiary/aromatic N) is 1. The van der Waals surface area contributed by atoms with Gasteiger partial charge in [-0.15, -0.1) is 0 Å². The molecule has 0 radical (unpaired) electrons. The van der Waals surface area contributed by atoms with Crippen LogP contribution in [0.1, 0.15) is 36.8 Å². The molecule has 2 N–H and O–H groups in total. The summed E-state index contributed by atoms with van der Waals surface area (Å²) in [7, 11) is 0. The van der Waals surface area contributed by atoms with E-state index in [0.717, 1.165) is 18.4 Å². The Bertz CT molecular complexity index is 448. The second-order valence-electron chi connectivity index (χ2n) is 4.93. The van der Waals surface area contributed by atoms with Crippen molar-refractivity contribution in [3.63, 3.8) is 0 Å². The van der Waals surface area contributed by atoms with Gasteiger partial charge in [-0.05, 0) is 43.4 Å². The smallest absolute Gasteiger partial charge is 0.0991 e. The van der Waals surface area contributed by atoms with Crippen LogP contribution in [0.25, 0.3) is 0 Å². The standard InChI is InChI=1S/C13H14N2/c14-9-10-2-1-3-11(8-10)12(4-5-12)13(15)6-7-13/h1-3,8H,4-7,15H2. The Morgan fingerprint density at radius 3 is 2.47 bits per heavy atom. The summed E-state index contributed by atoms with van der Waals surface area (Å²) in [6.45, 7) is 0. The molecule has 2 fully saturated rings. The van der Waals surface area contributed by atoms with Crippen LogP contribution in [0.4, 0.5) is 0 Å². The predicted molar refractivity (Wildman–Crippen MR) is 58.2 cm³/mol. The van der Waals surface area contributed by atoms with E-state index in [9.17, 15) is 0 Å². The molecule has 0 saturated heterocycles. The van der Waals surface area contributed by atoms with E-state index in [1.807, 2.05) is 18.2 Å². The molecule has 15 heavy (non-hydrogen) atoms. The summed E-state index contributed by atoms with van der Waals surface area (Å²) < 4.78 is 0. The van der Waals surface area contributed by atoms with E-state index in [0.29, 0.717) is 0 Å². The molecule has 2 aliphatic carbocycles. The second-order valence-corrected chi connectivity index (χ2v) is 4.93. The van der Waals surface area contributed by atoms with Crippen LogP contribution in [-0.4, -0.2) is 5.54 Å². The quantitative estimate of drug-likeness (QED) is 0.791. The number of hydrogen-bond acceptors (Lipinski definition) is 2. The van der Waals surface area contributed by atoms with Crippen LogP contribution in [0.5, 0.6) is 0 Å². The van der Waals surface area contributed by atoms with Crippen LogP contribution in [0.2, 0.25) is 0 Å². The minimum Gasteiger partial charge on any atom is -0.324 e. The van der Waals surface area contributed by atoms with Gasteiger partial charge in [0.25, 0.3) is 0 Å². The number of nitriles is 1. The predicted octanol–water partition coefficient (Wildman–Crippen LogP) is 2.08. The Morgan fingerprint density at radius 2 is 1.93 bits per heavy atom. The molecule has 2 nitrogen and oxygen atoms in total. The van der Waals surface area contributed by atoms with Crippen molar-refractivity contribution in [1.82, 2.24) is 0 Å². The van der Waals surface area contributed by atoms with Crippen LogP contribution in [0, 0.1) is 11.3 Å². The highest BCUT2D eigenvalue weighted by Gasteiger charge is 2.63. The third-order valence-electron chi connectivity index (χ3n) is 4.04. The summed E-state index contributed by atoms with van der Waals surface area (Å²) >= 11 is 0. The maximum atomic E-state index is 8.89. The van der Waals surface area contributed by atoms with Gasteiger partial charge in [-0.3, -0.25) is 0 Å². The molecule has 0 heterocycles. The fraction of sp³-hybridized carbons (Fsp3) is 0.462. The van der Waals surface area contributed by atoms with E-state index in [1.165, 1.54) is 18.4 Å². The van der Waals surface area contributed by atoms with Gasteiger partial charge in [-0.25, -0.2) is 0 Å². The zero-order valence-corrected chi connectivity index (χ0v) is 8.66. The topological polar surface area (TPSA) is 49.8 Å². The van der Waals surface area contributed by atoms with E-state index in [4.69, 9.17) is 11.0 Å². The van der Waals surface area contributed by atoms with Gasteiger partial charge in [0, 0.05) is 11.0 Å². The zero-order valence-electron chi connectivity index (χ0n) is 8.66. The number of nitrogens with two attached hydrogens (primary N) is 1. The molecule has 0 spiro atoms. The first kappa shape index (κ1) is 8.94. The highest BCUT2D eigenvalue weighted by molar-refractivity contribution is 5.44. The van der Waals surface area contributed by atoms with Gasteiger partial charge in [-0.2, -0.15) is 5.26 Å². The summed E-state index contributed by atoms with van der Waals surface area (Å²) in [4.78, 5) is 0. The van der Waals surface area contributed by atoms with Crippen LogP contribution in [0.15, 0.2) is 24.3 Å². The van der Waals surface area contributed by atoms with Crippen molar-refractivity contribution in [1.29, 1.82) is 5.26 Å². The molecule has 0 amide bonds. The first-order chi connectivity index (χ1) is 7.20. The van der Waals surface area contributed by atoms with E-state index in [2.05, 4.69) is 12.1 Å². The highest BCUT2D eigenvalue weighted by atomic mass is 14.9. The van der Waals surface area contributed by atoms with E-state index in [1.54, 1.807) is 0 Å². The molecule has 2 heteroatoms. The molecule has 76 valence electrons. The molecule has 0 aliphatic heterocycles. The molecule has 1 aromatic carbocycles. The Kier molecular flexibility index (Phi) is 1.56. The van der Waals surface area contributed by atoms with E-state index >= 15 is 0 Å². The van der Waals surface area contributed by atoms with Gasteiger partial charge in [0.05, 0.1) is 11.6 Å². The van der Waals surface area contributed by atoms with Crippen molar-refractivity contribution in [3.8, 4) is 6.07 Å². The number of hydrogen-bond donors (Lipinski definition) is 1. The maximum Gasteiger partial charge on any atom is 0.0991 e. The van der Waals surface area contributed by atoms with Crippen LogP contribution in [-0.2, 0) is 5.41 Å². The van der Waals surface area contributed by atoms with Crippen LogP contribution in [0.3, 0.4) is 0 Å². The molecule has 2 aliphatic rings. The van der Waals surface area contributed by atoms with Gasteiger partial charge >= 0.3 is 0 Å². The Balaban J connectivity index is 2.03. The second kappa shape index (κ2) is 2.62. The lowest BCUT2D eigenvalue weighted by molar-refractivity contribution is 0.503. The van der Waals surface area contributed by atoms with Crippen molar-refractivity contribution in [2.24, 2.45) is 5.73 Å². The summed E-state index contributed by atoms with van der Waals surface area (Å²) in [5, 5.41) is 8.89. The van der Waals surface area contributed by atoms with Crippen molar-refractivity contribution in [3.05, 3.63) is 35.4 Å². The van der Waals surface area contributed by atoms with Gasteiger partial charge in [0.1, 0.15) is 0 Å². The summed E-state index contributed by atoms with van der Waals surface area (Å²) in [6.07, 6.45) is 4.67. The van der Waals surface area contributed by atoms with Gasteiger partial charge < -0.3 is 5.73 Å². The van der Waals surface area contributed by atoms with Crippen molar-refractivity contribution in [2.75, 3.05) is 0 Å². The minimum absolute atomic E-state index is 0.0427. The number of rotatable bonds is 2. The zero-order chi connectivity index (χ0) is 10.5. The molecule has 3 rings (SSSR count). The van der Waals surface area contributed by atoms with Crippen molar-refractivity contribution >= 4 is 0 Å². The molecular formula is C13H14N2. The lowest BCUT2D eigenvalue weighted by Gasteiger charge is -2.23. The molecule has 0 unspecified atom stereocenters. The number of benzene rings is 1. The molecule has 2 saturated carbocycles. The monoisotopic (exact) mass is 198 g/mol. The fourth-order valence-corrected chi connectivity index (χ4v) is 2.70. The SMILES string of the molecule is N#Cc1cccc(C2(C3(N)CC3)CC2)c1. The van der Waals surface area contributed by atoms with Gasteiger partial charge in [0.15, 0.2) is 0 Å². The Labute approximate surface area is 89.7 Å². The van der Waals surface area contributed by atoms with Crippen molar-refractivity contribution < 1.29 is 0 Å². The van der Waals surface area contributed by atoms with Crippen LogP contribution >= 0.6 is 0 Å². The molecule has 0 atom stereocenters. The third-order valence-corrected chi connectivity index (χ3v) is 4.04. The maximum absolute atomic E-state index is 8.89. The Morgan fingerprint density at radius 1 is 1.20 bits per heavy atom. The lowest BCUT2D eigenvalue weighted by Crippen LogP contribution is -2.37. The average molecular weight is 198 g/mol. The van der Waals surface area contributed by atoms with E-state index in [-0.39, 0.29) is 11.0 Å². The lowest BCUT2D eigenvalue weighted by atomic mass is 9.85. The summed E-state index contributed by atoms with van der Waals surface area (Å²) in [6, 6.07) is 10.2. The minimum atomic E-state index is 0.0427. The average Bonchev–Trinajstić information content (AvgIpc) is 3.13. The molecule has 1 aromatic rings. The Hall–Kier alpha value is -1.33. The van der Waals surface area contributed by atoms with Crippen molar-refractivity contribution in [2.45, 2.75) is 36.6 Å².